The Morgan fingerprint density at radius 3 is 2.27 bits per heavy atom. The highest BCUT2D eigenvalue weighted by Crippen LogP contribution is 2.36. The Hall–Kier alpha value is -0.970. The molecule has 0 spiro atoms. The van der Waals surface area contributed by atoms with Gasteiger partial charge in [0, 0.05) is 24.8 Å². The lowest BCUT2D eigenvalue weighted by molar-refractivity contribution is -0.146. The first-order valence-corrected chi connectivity index (χ1v) is 9.71. The Bertz CT molecular complexity index is 487. The van der Waals surface area contributed by atoms with Crippen molar-refractivity contribution >= 4 is 23.6 Å². The van der Waals surface area contributed by atoms with E-state index in [4.69, 9.17) is 0 Å². The van der Waals surface area contributed by atoms with Crippen LogP contribution in [0.3, 0.4) is 0 Å². The number of carbonyl (C=O) groups excluding carboxylic acids is 2. The predicted octanol–water partition coefficient (Wildman–Crippen LogP) is 2.11. The van der Waals surface area contributed by atoms with E-state index in [0.717, 1.165) is 44.5 Å². The molecule has 2 aliphatic carbocycles. The van der Waals surface area contributed by atoms with Crippen LogP contribution in [0, 0.1) is 17.8 Å². The van der Waals surface area contributed by atoms with Crippen LogP contribution in [0.4, 0.5) is 0 Å². The Morgan fingerprint density at radius 1 is 1.00 bits per heavy atom. The lowest BCUT2D eigenvalue weighted by atomic mass is 9.84. The van der Waals surface area contributed by atoms with Gasteiger partial charge in [0.25, 0.3) is 0 Å². The van der Waals surface area contributed by atoms with Gasteiger partial charge in [-0.25, -0.2) is 0 Å². The molecule has 3 atom stereocenters. The third-order valence-corrected chi connectivity index (χ3v) is 6.85. The van der Waals surface area contributed by atoms with Crippen molar-refractivity contribution in [3.05, 3.63) is 12.2 Å². The summed E-state index contributed by atoms with van der Waals surface area (Å²) >= 11 is 1.73. The van der Waals surface area contributed by atoms with Gasteiger partial charge in [0.05, 0.1) is 5.88 Å². The van der Waals surface area contributed by atoms with Crippen molar-refractivity contribution in [2.24, 2.45) is 17.8 Å². The van der Waals surface area contributed by atoms with Crippen molar-refractivity contribution in [2.45, 2.75) is 38.1 Å². The van der Waals surface area contributed by atoms with Crippen LogP contribution in [-0.2, 0) is 9.59 Å². The molecule has 0 bridgehead atoms. The third kappa shape index (κ3) is 2.47. The maximum absolute atomic E-state index is 12.9. The van der Waals surface area contributed by atoms with Crippen molar-refractivity contribution < 1.29 is 9.59 Å². The van der Waals surface area contributed by atoms with Gasteiger partial charge in [-0.1, -0.05) is 18.6 Å². The minimum atomic E-state index is -0.203. The zero-order chi connectivity index (χ0) is 15.1. The van der Waals surface area contributed by atoms with E-state index in [2.05, 4.69) is 12.2 Å². The fourth-order valence-corrected chi connectivity index (χ4v) is 5.31. The first-order chi connectivity index (χ1) is 10.7. The number of fused-ring (bicyclic) bond motifs is 1. The van der Waals surface area contributed by atoms with E-state index in [0.29, 0.717) is 17.7 Å². The molecule has 120 valence electrons. The van der Waals surface area contributed by atoms with Crippen LogP contribution >= 0.6 is 11.8 Å². The molecule has 0 N–H and O–H groups in total. The van der Waals surface area contributed by atoms with Gasteiger partial charge in [-0.2, -0.15) is 0 Å². The topological polar surface area (TPSA) is 40.6 Å². The Balaban J connectivity index is 1.42. The van der Waals surface area contributed by atoms with Gasteiger partial charge in [-0.3, -0.25) is 9.59 Å². The summed E-state index contributed by atoms with van der Waals surface area (Å²) in [4.78, 5) is 29.4. The van der Waals surface area contributed by atoms with Crippen molar-refractivity contribution in [3.8, 4) is 0 Å². The molecule has 0 aromatic carbocycles. The zero-order valence-corrected chi connectivity index (χ0v) is 13.8. The summed E-state index contributed by atoms with van der Waals surface area (Å²) in [5.41, 5.74) is 0. The summed E-state index contributed by atoms with van der Waals surface area (Å²) < 4.78 is 0. The largest absolute Gasteiger partial charge is 0.340 e. The second-order valence-electron chi connectivity index (χ2n) is 7.16. The second-order valence-corrected chi connectivity index (χ2v) is 8.16. The molecule has 22 heavy (non-hydrogen) atoms. The SMILES string of the molecule is O=C([C@H]1CSCN1C(=O)C1CCC1)N1C[C@H]2CC=CC[C@H]2C1. The average molecular weight is 320 g/mol. The van der Waals surface area contributed by atoms with E-state index < -0.39 is 0 Å². The molecule has 4 nitrogen and oxygen atoms in total. The summed E-state index contributed by atoms with van der Waals surface area (Å²) in [5.74, 6) is 3.38. The number of likely N-dealkylation sites (tertiary alicyclic amines) is 1. The molecule has 2 heterocycles. The summed E-state index contributed by atoms with van der Waals surface area (Å²) in [5, 5.41) is 0. The van der Waals surface area contributed by atoms with E-state index in [9.17, 15) is 9.59 Å². The Labute approximate surface area is 136 Å². The maximum atomic E-state index is 12.9. The summed E-state index contributed by atoms with van der Waals surface area (Å²) in [7, 11) is 0. The molecular weight excluding hydrogens is 296 g/mol. The van der Waals surface area contributed by atoms with E-state index in [1.165, 1.54) is 6.42 Å². The smallest absolute Gasteiger partial charge is 0.246 e. The van der Waals surface area contributed by atoms with Crippen molar-refractivity contribution in [1.29, 1.82) is 0 Å². The molecule has 2 saturated heterocycles. The minimum Gasteiger partial charge on any atom is -0.340 e. The molecule has 1 saturated carbocycles. The molecule has 0 radical (unpaired) electrons. The minimum absolute atomic E-state index is 0.194. The molecular formula is C17H24N2O2S. The highest BCUT2D eigenvalue weighted by Gasteiger charge is 2.43. The standard InChI is InChI=1S/C17H24N2O2S/c20-16(12-6-3-7-12)19-11-22-10-15(19)17(21)18-8-13-4-1-2-5-14(13)9-18/h1-2,12-15H,3-11H2/t13-,14+,15-/m1/s1. The second kappa shape index (κ2) is 5.91. The van der Waals surface area contributed by atoms with Crippen LogP contribution in [0.25, 0.3) is 0 Å². The van der Waals surface area contributed by atoms with E-state index in [1.807, 2.05) is 9.80 Å². The number of carbonyl (C=O) groups is 2. The molecule has 0 aromatic rings. The van der Waals surface area contributed by atoms with Crippen LogP contribution in [0.1, 0.15) is 32.1 Å². The molecule has 0 aromatic heterocycles. The molecule has 4 aliphatic rings. The van der Waals surface area contributed by atoms with Gasteiger partial charge in [-0.15, -0.1) is 11.8 Å². The zero-order valence-electron chi connectivity index (χ0n) is 12.9. The van der Waals surface area contributed by atoms with Crippen LogP contribution in [-0.4, -0.2) is 52.4 Å². The average Bonchev–Trinajstić information content (AvgIpc) is 3.11. The number of hydrogen-bond donors (Lipinski definition) is 0. The van der Waals surface area contributed by atoms with E-state index in [-0.39, 0.29) is 23.8 Å². The van der Waals surface area contributed by atoms with Gasteiger partial charge in [-0.05, 0) is 37.5 Å². The number of thioether (sulfide) groups is 1. The van der Waals surface area contributed by atoms with Crippen LogP contribution in [0.15, 0.2) is 12.2 Å². The van der Waals surface area contributed by atoms with E-state index >= 15 is 0 Å². The quantitative estimate of drug-likeness (QED) is 0.732. The maximum Gasteiger partial charge on any atom is 0.246 e. The highest BCUT2D eigenvalue weighted by atomic mass is 32.2. The summed E-state index contributed by atoms with van der Waals surface area (Å²) in [6, 6.07) is -0.203. The lowest BCUT2D eigenvalue weighted by Gasteiger charge is -2.33. The van der Waals surface area contributed by atoms with Crippen molar-refractivity contribution in [1.82, 2.24) is 9.80 Å². The van der Waals surface area contributed by atoms with Crippen LogP contribution in [0.2, 0.25) is 0 Å². The number of hydrogen-bond acceptors (Lipinski definition) is 3. The number of allylic oxidation sites excluding steroid dienone is 2. The number of nitrogens with zero attached hydrogens (tertiary/aromatic N) is 2. The summed E-state index contributed by atoms with van der Waals surface area (Å²) in [6.07, 6.45) is 9.93. The van der Waals surface area contributed by atoms with Gasteiger partial charge in [0.15, 0.2) is 0 Å². The number of amides is 2. The van der Waals surface area contributed by atoms with Crippen molar-refractivity contribution in [3.63, 3.8) is 0 Å². The van der Waals surface area contributed by atoms with Gasteiger partial charge >= 0.3 is 0 Å². The molecule has 2 aliphatic heterocycles. The number of rotatable bonds is 2. The molecule has 4 rings (SSSR count). The fourth-order valence-electron chi connectivity index (χ4n) is 4.16. The Morgan fingerprint density at radius 2 is 1.68 bits per heavy atom. The van der Waals surface area contributed by atoms with Gasteiger partial charge < -0.3 is 9.80 Å². The lowest BCUT2D eigenvalue weighted by Crippen LogP contribution is -2.50. The van der Waals surface area contributed by atoms with Gasteiger partial charge in [0.2, 0.25) is 11.8 Å². The normalized spacial score (nSPS) is 34.6. The monoisotopic (exact) mass is 320 g/mol. The third-order valence-electron chi connectivity index (χ3n) is 5.84. The van der Waals surface area contributed by atoms with Gasteiger partial charge in [0.1, 0.15) is 6.04 Å². The first kappa shape index (κ1) is 14.6. The summed E-state index contributed by atoms with van der Waals surface area (Å²) in [6.45, 7) is 1.78. The molecule has 5 heteroatoms. The molecule has 3 fully saturated rings. The highest BCUT2D eigenvalue weighted by molar-refractivity contribution is 7.99. The first-order valence-electron chi connectivity index (χ1n) is 8.56. The van der Waals surface area contributed by atoms with Crippen molar-refractivity contribution in [2.75, 3.05) is 24.7 Å². The predicted molar refractivity (Wildman–Crippen MR) is 87.2 cm³/mol. The van der Waals surface area contributed by atoms with Crippen LogP contribution in [0.5, 0.6) is 0 Å². The Kier molecular flexibility index (Phi) is 3.93. The molecule has 0 unspecified atom stereocenters. The fraction of sp³-hybridized carbons (Fsp3) is 0.765. The van der Waals surface area contributed by atoms with Crippen LogP contribution < -0.4 is 0 Å². The van der Waals surface area contributed by atoms with E-state index in [1.54, 1.807) is 11.8 Å². The molecule has 2 amide bonds.